The molecule has 0 aliphatic heterocycles. The number of hydrogen-bond donors (Lipinski definition) is 0. The zero-order valence-corrected chi connectivity index (χ0v) is 18.4. The molecule has 0 bridgehead atoms. The largest absolute Gasteiger partial charge is 0.469 e. The lowest BCUT2D eigenvalue weighted by Crippen LogP contribution is -2.22. The van der Waals surface area contributed by atoms with Gasteiger partial charge in [0.1, 0.15) is 7.14 Å². The number of rotatable bonds is 7. The van der Waals surface area contributed by atoms with Crippen molar-refractivity contribution < 1.29 is 14.1 Å². The summed E-state index contributed by atoms with van der Waals surface area (Å²) < 4.78 is 19.0. The molecular formula is C24H31O3P. The van der Waals surface area contributed by atoms with Gasteiger partial charge in [-0.1, -0.05) is 87.0 Å². The lowest BCUT2D eigenvalue weighted by molar-refractivity contribution is -0.141. The molecule has 0 saturated carbocycles. The van der Waals surface area contributed by atoms with Crippen molar-refractivity contribution in [3.63, 3.8) is 0 Å². The first-order valence-electron chi connectivity index (χ1n) is 9.63. The molecule has 2 rings (SSSR count). The number of esters is 1. The predicted octanol–water partition coefficient (Wildman–Crippen LogP) is 6.11. The molecular weight excluding hydrogens is 367 g/mol. The van der Waals surface area contributed by atoms with E-state index in [0.29, 0.717) is 12.8 Å². The average molecular weight is 398 g/mol. The summed E-state index contributed by atoms with van der Waals surface area (Å²) in [4.78, 5) is 11.9. The second-order valence-corrected chi connectivity index (χ2v) is 11.7. The quantitative estimate of drug-likeness (QED) is 0.417. The fourth-order valence-electron chi connectivity index (χ4n) is 3.37. The Hall–Kier alpha value is -2.12. The van der Waals surface area contributed by atoms with Crippen LogP contribution < -0.4 is 5.30 Å². The minimum Gasteiger partial charge on any atom is -0.469 e. The maximum absolute atomic E-state index is 14.1. The molecule has 0 spiro atoms. The molecule has 2 unspecified atom stereocenters. The number of benzene rings is 2. The first-order valence-corrected chi connectivity index (χ1v) is 11.4. The Morgan fingerprint density at radius 3 is 2.04 bits per heavy atom. The molecule has 0 aliphatic rings. The number of allylic oxidation sites excluding steroid dienone is 1. The highest BCUT2D eigenvalue weighted by Crippen LogP contribution is 2.59. The standard InChI is InChI=1S/C24H31O3P/c1-19(16-21(17-23(25)27-5)20-12-8-6-9-13-20)18-28(26,24(2,3)4)22-14-10-7-11-15-22/h6-15,18,21H,16-17H2,1-5H3/b19-18-. The summed E-state index contributed by atoms with van der Waals surface area (Å²) in [6, 6.07) is 19.7. The van der Waals surface area contributed by atoms with Gasteiger partial charge in [-0.05, 0) is 30.6 Å². The van der Waals surface area contributed by atoms with Crippen molar-refractivity contribution in [2.75, 3.05) is 7.11 Å². The van der Waals surface area contributed by atoms with E-state index in [0.717, 1.165) is 16.4 Å². The summed E-state index contributed by atoms with van der Waals surface area (Å²) in [5, 5.41) is 0.478. The van der Waals surface area contributed by atoms with Gasteiger partial charge in [0.25, 0.3) is 0 Å². The summed E-state index contributed by atoms with van der Waals surface area (Å²) in [6.45, 7) is 8.07. The maximum Gasteiger partial charge on any atom is 0.306 e. The lowest BCUT2D eigenvalue weighted by atomic mass is 9.90. The highest BCUT2D eigenvalue weighted by molar-refractivity contribution is 7.75. The minimum absolute atomic E-state index is 0.00547. The van der Waals surface area contributed by atoms with Crippen LogP contribution in [0.5, 0.6) is 0 Å². The van der Waals surface area contributed by atoms with E-state index in [1.807, 2.05) is 94.2 Å². The number of carbonyl (C=O) groups excluding carboxylic acids is 1. The Morgan fingerprint density at radius 1 is 1.00 bits per heavy atom. The van der Waals surface area contributed by atoms with Crippen LogP contribution in [0, 0.1) is 0 Å². The molecule has 150 valence electrons. The van der Waals surface area contributed by atoms with Crippen LogP contribution in [0.2, 0.25) is 0 Å². The van der Waals surface area contributed by atoms with Gasteiger partial charge in [0.05, 0.1) is 13.5 Å². The first kappa shape index (κ1) is 22.2. The monoisotopic (exact) mass is 398 g/mol. The molecule has 0 amide bonds. The van der Waals surface area contributed by atoms with Gasteiger partial charge in [-0.3, -0.25) is 4.79 Å². The molecule has 0 N–H and O–H groups in total. The molecule has 2 aromatic carbocycles. The van der Waals surface area contributed by atoms with E-state index in [9.17, 15) is 9.36 Å². The van der Waals surface area contributed by atoms with Crippen molar-refractivity contribution >= 4 is 18.4 Å². The third-order valence-electron chi connectivity index (χ3n) is 5.02. The number of methoxy groups -OCH3 is 1. The fourth-order valence-corrected chi connectivity index (χ4v) is 6.03. The van der Waals surface area contributed by atoms with E-state index in [4.69, 9.17) is 4.74 Å². The summed E-state index contributed by atoms with van der Waals surface area (Å²) in [5.41, 5.74) is 2.12. The average Bonchev–Trinajstić information content (AvgIpc) is 2.67. The Labute approximate surface area is 169 Å². The van der Waals surface area contributed by atoms with Gasteiger partial charge in [-0.2, -0.15) is 0 Å². The second kappa shape index (κ2) is 9.39. The van der Waals surface area contributed by atoms with E-state index < -0.39 is 7.14 Å². The summed E-state index contributed by atoms with van der Waals surface area (Å²) in [6.07, 6.45) is 0.961. The van der Waals surface area contributed by atoms with E-state index in [-0.39, 0.29) is 17.0 Å². The molecule has 0 aromatic heterocycles. The summed E-state index contributed by atoms with van der Waals surface area (Å²) >= 11 is 0. The minimum atomic E-state index is -2.78. The molecule has 2 aromatic rings. The van der Waals surface area contributed by atoms with Crippen LogP contribution in [-0.4, -0.2) is 18.2 Å². The predicted molar refractivity (Wildman–Crippen MR) is 118 cm³/mol. The van der Waals surface area contributed by atoms with Crippen molar-refractivity contribution in [2.45, 2.75) is 51.6 Å². The smallest absolute Gasteiger partial charge is 0.306 e. The number of carbonyl (C=O) groups is 1. The van der Waals surface area contributed by atoms with Gasteiger partial charge >= 0.3 is 5.97 Å². The number of ether oxygens (including phenoxy) is 1. The SMILES string of the molecule is COC(=O)CC(C/C(C)=C\P(=O)(c1ccccc1)C(C)(C)C)c1ccccc1. The highest BCUT2D eigenvalue weighted by atomic mass is 31.2. The number of hydrogen-bond acceptors (Lipinski definition) is 3. The molecule has 4 heteroatoms. The third kappa shape index (κ3) is 5.45. The normalized spacial score (nSPS) is 15.5. The van der Waals surface area contributed by atoms with Crippen LogP contribution in [0.25, 0.3) is 0 Å². The fraction of sp³-hybridized carbons (Fsp3) is 0.375. The van der Waals surface area contributed by atoms with E-state index in [2.05, 4.69) is 0 Å². The van der Waals surface area contributed by atoms with Crippen LogP contribution in [-0.2, 0) is 14.1 Å². The molecule has 0 heterocycles. The highest BCUT2D eigenvalue weighted by Gasteiger charge is 2.36. The van der Waals surface area contributed by atoms with Gasteiger partial charge in [-0.15, -0.1) is 0 Å². The van der Waals surface area contributed by atoms with Crippen LogP contribution in [0.15, 0.2) is 72.1 Å². The Morgan fingerprint density at radius 2 is 1.54 bits per heavy atom. The van der Waals surface area contributed by atoms with Crippen molar-refractivity contribution in [3.05, 3.63) is 77.6 Å². The van der Waals surface area contributed by atoms with Crippen LogP contribution in [0.1, 0.15) is 52.0 Å². The van der Waals surface area contributed by atoms with Crippen LogP contribution >= 0.6 is 7.14 Å². The van der Waals surface area contributed by atoms with Crippen molar-refractivity contribution in [1.82, 2.24) is 0 Å². The molecule has 2 atom stereocenters. The van der Waals surface area contributed by atoms with Gasteiger partial charge in [0.2, 0.25) is 0 Å². The summed E-state index contributed by atoms with van der Waals surface area (Å²) in [7, 11) is -1.37. The van der Waals surface area contributed by atoms with Crippen LogP contribution in [0.4, 0.5) is 0 Å². The van der Waals surface area contributed by atoms with Crippen molar-refractivity contribution in [2.24, 2.45) is 0 Å². The van der Waals surface area contributed by atoms with E-state index in [1.165, 1.54) is 7.11 Å². The molecule has 3 nitrogen and oxygen atoms in total. The molecule has 0 saturated heterocycles. The second-order valence-electron chi connectivity index (χ2n) is 8.23. The lowest BCUT2D eigenvalue weighted by Gasteiger charge is -2.30. The Kier molecular flexibility index (Phi) is 7.43. The zero-order valence-electron chi connectivity index (χ0n) is 17.5. The summed E-state index contributed by atoms with van der Waals surface area (Å²) in [5.74, 6) is 1.72. The van der Waals surface area contributed by atoms with Crippen molar-refractivity contribution in [3.8, 4) is 0 Å². The molecule has 0 aliphatic carbocycles. The molecule has 0 radical (unpaired) electrons. The van der Waals surface area contributed by atoms with Crippen molar-refractivity contribution in [1.29, 1.82) is 0 Å². The van der Waals surface area contributed by atoms with Gasteiger partial charge < -0.3 is 9.30 Å². The first-order chi connectivity index (χ1) is 13.2. The van der Waals surface area contributed by atoms with Gasteiger partial charge in [0.15, 0.2) is 0 Å². The third-order valence-corrected chi connectivity index (χ3v) is 8.88. The topological polar surface area (TPSA) is 43.4 Å². The molecule has 28 heavy (non-hydrogen) atoms. The van der Waals surface area contributed by atoms with E-state index in [1.54, 1.807) is 0 Å². The van der Waals surface area contributed by atoms with Gasteiger partial charge in [-0.25, -0.2) is 0 Å². The molecule has 0 fully saturated rings. The van der Waals surface area contributed by atoms with Gasteiger partial charge in [0, 0.05) is 10.5 Å². The Bertz CT molecular complexity index is 848. The zero-order chi connectivity index (χ0) is 20.8. The van der Waals surface area contributed by atoms with E-state index >= 15 is 0 Å². The Balaban J connectivity index is 2.39. The maximum atomic E-state index is 14.1. The van der Waals surface area contributed by atoms with Crippen LogP contribution in [0.3, 0.4) is 0 Å².